The van der Waals surface area contributed by atoms with Gasteiger partial charge < -0.3 is 24.6 Å². The standard InChI is InChI=1S/C24H29Cl2N3O3/c1-17-5-2-3-10-28(17)11-4-12-29(15-18-6-9-22-23(13-18)32-16-31-22)24(30)27-19-7-8-20(25)21(26)14-19/h6-9,13-14,17H,2-5,10-12,15-16H2,1H3,(H,27,30). The van der Waals surface area contributed by atoms with Crippen molar-refractivity contribution in [1.29, 1.82) is 0 Å². The van der Waals surface area contributed by atoms with E-state index in [1.807, 2.05) is 23.1 Å². The number of benzene rings is 2. The van der Waals surface area contributed by atoms with E-state index in [1.165, 1.54) is 19.3 Å². The summed E-state index contributed by atoms with van der Waals surface area (Å²) in [6, 6.07) is 11.3. The first-order valence-corrected chi connectivity index (χ1v) is 11.9. The van der Waals surface area contributed by atoms with Gasteiger partial charge in [-0.2, -0.15) is 0 Å². The van der Waals surface area contributed by atoms with Crippen molar-refractivity contribution in [2.45, 2.75) is 45.2 Å². The second-order valence-electron chi connectivity index (χ2n) is 8.40. The molecule has 0 bridgehead atoms. The van der Waals surface area contributed by atoms with Gasteiger partial charge in [-0.05, 0) is 68.6 Å². The van der Waals surface area contributed by atoms with Crippen LogP contribution >= 0.6 is 23.2 Å². The number of carbonyl (C=O) groups is 1. The van der Waals surface area contributed by atoms with Crippen LogP contribution in [0.4, 0.5) is 10.5 Å². The van der Waals surface area contributed by atoms with Gasteiger partial charge in [0, 0.05) is 31.4 Å². The Bertz CT molecular complexity index is 956. The SMILES string of the molecule is CC1CCCCN1CCCN(Cc1ccc2c(c1)OCO2)C(=O)Nc1ccc(Cl)c(Cl)c1. The maximum absolute atomic E-state index is 13.2. The fourth-order valence-corrected chi connectivity index (χ4v) is 4.54. The molecule has 1 unspecified atom stereocenters. The number of anilines is 1. The molecule has 1 fully saturated rings. The van der Waals surface area contributed by atoms with Crippen molar-refractivity contribution in [2.75, 3.05) is 31.7 Å². The molecule has 172 valence electrons. The third-order valence-electron chi connectivity index (χ3n) is 6.08. The minimum absolute atomic E-state index is 0.173. The monoisotopic (exact) mass is 477 g/mol. The third-order valence-corrected chi connectivity index (χ3v) is 6.82. The van der Waals surface area contributed by atoms with Gasteiger partial charge in [-0.15, -0.1) is 0 Å². The van der Waals surface area contributed by atoms with Crippen molar-refractivity contribution < 1.29 is 14.3 Å². The van der Waals surface area contributed by atoms with Crippen molar-refractivity contribution in [2.24, 2.45) is 0 Å². The van der Waals surface area contributed by atoms with Crippen LogP contribution in [0.3, 0.4) is 0 Å². The van der Waals surface area contributed by atoms with Crippen LogP contribution < -0.4 is 14.8 Å². The number of ether oxygens (including phenoxy) is 2. The van der Waals surface area contributed by atoms with E-state index < -0.39 is 0 Å². The van der Waals surface area contributed by atoms with Crippen LogP contribution in [0.5, 0.6) is 11.5 Å². The molecule has 4 rings (SSSR count). The minimum atomic E-state index is -0.173. The molecule has 2 heterocycles. The molecular weight excluding hydrogens is 449 g/mol. The summed E-state index contributed by atoms with van der Waals surface area (Å²) < 4.78 is 10.9. The van der Waals surface area contributed by atoms with Gasteiger partial charge in [0.25, 0.3) is 0 Å². The van der Waals surface area contributed by atoms with E-state index in [0.29, 0.717) is 34.9 Å². The third kappa shape index (κ3) is 5.80. The van der Waals surface area contributed by atoms with Gasteiger partial charge in [0.2, 0.25) is 6.79 Å². The van der Waals surface area contributed by atoms with E-state index in [9.17, 15) is 4.79 Å². The van der Waals surface area contributed by atoms with Crippen LogP contribution in [0.15, 0.2) is 36.4 Å². The van der Waals surface area contributed by atoms with Crippen molar-refractivity contribution in [1.82, 2.24) is 9.80 Å². The van der Waals surface area contributed by atoms with E-state index in [2.05, 4.69) is 17.1 Å². The predicted molar refractivity (Wildman–Crippen MR) is 128 cm³/mol. The average Bonchev–Trinajstić information content (AvgIpc) is 3.25. The van der Waals surface area contributed by atoms with Crippen molar-refractivity contribution >= 4 is 34.9 Å². The van der Waals surface area contributed by atoms with Crippen LogP contribution in [0.25, 0.3) is 0 Å². The van der Waals surface area contributed by atoms with E-state index in [1.54, 1.807) is 18.2 Å². The summed E-state index contributed by atoms with van der Waals surface area (Å²) in [7, 11) is 0. The normalized spacial score (nSPS) is 17.9. The lowest BCUT2D eigenvalue weighted by molar-refractivity contribution is 0.150. The zero-order valence-electron chi connectivity index (χ0n) is 18.3. The van der Waals surface area contributed by atoms with E-state index >= 15 is 0 Å². The molecule has 1 N–H and O–H groups in total. The molecule has 0 aliphatic carbocycles. The number of carbonyl (C=O) groups excluding carboxylic acids is 1. The van der Waals surface area contributed by atoms with Gasteiger partial charge in [-0.25, -0.2) is 4.79 Å². The first kappa shape index (κ1) is 23.0. The topological polar surface area (TPSA) is 54.0 Å². The molecule has 0 saturated carbocycles. The second-order valence-corrected chi connectivity index (χ2v) is 9.22. The Balaban J connectivity index is 1.43. The fourth-order valence-electron chi connectivity index (χ4n) is 4.24. The summed E-state index contributed by atoms with van der Waals surface area (Å²) >= 11 is 12.1. The molecule has 1 saturated heterocycles. The Morgan fingerprint density at radius 3 is 2.78 bits per heavy atom. The highest BCUT2D eigenvalue weighted by Gasteiger charge is 2.21. The number of hydrogen-bond acceptors (Lipinski definition) is 4. The van der Waals surface area contributed by atoms with E-state index in [-0.39, 0.29) is 12.8 Å². The molecule has 2 aliphatic rings. The number of piperidine rings is 1. The number of urea groups is 1. The highest BCUT2D eigenvalue weighted by atomic mass is 35.5. The Labute approximate surface area is 199 Å². The predicted octanol–water partition coefficient (Wildman–Crippen LogP) is 6.02. The highest BCUT2D eigenvalue weighted by Crippen LogP contribution is 2.33. The molecule has 0 aromatic heterocycles. The number of hydrogen-bond donors (Lipinski definition) is 1. The highest BCUT2D eigenvalue weighted by molar-refractivity contribution is 6.42. The number of fused-ring (bicyclic) bond motifs is 1. The molecule has 0 spiro atoms. The van der Waals surface area contributed by atoms with Gasteiger partial charge in [0.15, 0.2) is 11.5 Å². The first-order chi connectivity index (χ1) is 15.5. The van der Waals surface area contributed by atoms with Crippen LogP contribution in [0.1, 0.15) is 38.2 Å². The molecule has 2 aliphatic heterocycles. The lowest BCUT2D eigenvalue weighted by Crippen LogP contribution is -2.40. The smallest absolute Gasteiger partial charge is 0.322 e. The van der Waals surface area contributed by atoms with Crippen LogP contribution in [-0.2, 0) is 6.54 Å². The van der Waals surface area contributed by atoms with Gasteiger partial charge in [-0.1, -0.05) is 35.7 Å². The molecule has 2 amide bonds. The largest absolute Gasteiger partial charge is 0.454 e. The quantitative estimate of drug-likeness (QED) is 0.529. The zero-order valence-corrected chi connectivity index (χ0v) is 19.8. The molecule has 0 radical (unpaired) electrons. The average molecular weight is 478 g/mol. The van der Waals surface area contributed by atoms with Crippen molar-refractivity contribution in [3.63, 3.8) is 0 Å². The summed E-state index contributed by atoms with van der Waals surface area (Å²) in [6.45, 7) is 5.76. The van der Waals surface area contributed by atoms with Crippen molar-refractivity contribution in [3.8, 4) is 11.5 Å². The molecule has 2 aromatic rings. The Hall–Kier alpha value is -2.15. The van der Waals surface area contributed by atoms with Crippen LogP contribution in [0.2, 0.25) is 10.0 Å². The second kappa shape index (κ2) is 10.6. The Morgan fingerprint density at radius 1 is 1.12 bits per heavy atom. The van der Waals surface area contributed by atoms with Gasteiger partial charge in [0.1, 0.15) is 0 Å². The maximum atomic E-state index is 13.2. The zero-order chi connectivity index (χ0) is 22.5. The first-order valence-electron chi connectivity index (χ1n) is 11.1. The van der Waals surface area contributed by atoms with Gasteiger partial charge >= 0.3 is 6.03 Å². The van der Waals surface area contributed by atoms with Crippen LogP contribution in [-0.4, -0.2) is 48.3 Å². The lowest BCUT2D eigenvalue weighted by Gasteiger charge is -2.34. The number of amides is 2. The molecule has 8 heteroatoms. The van der Waals surface area contributed by atoms with Crippen molar-refractivity contribution in [3.05, 3.63) is 52.0 Å². The fraction of sp³-hybridized carbons (Fsp3) is 0.458. The number of nitrogens with one attached hydrogen (secondary N) is 1. The van der Waals surface area contributed by atoms with E-state index in [0.717, 1.165) is 36.6 Å². The summed E-state index contributed by atoms with van der Waals surface area (Å²) in [5.74, 6) is 1.45. The molecule has 6 nitrogen and oxygen atoms in total. The summed E-state index contributed by atoms with van der Waals surface area (Å²) in [5, 5.41) is 3.82. The van der Waals surface area contributed by atoms with Crippen LogP contribution in [0, 0.1) is 0 Å². The number of likely N-dealkylation sites (tertiary alicyclic amines) is 1. The Morgan fingerprint density at radius 2 is 1.97 bits per heavy atom. The Kier molecular flexibility index (Phi) is 7.66. The number of halogens is 2. The summed E-state index contributed by atoms with van der Waals surface area (Å²) in [5.41, 5.74) is 1.61. The minimum Gasteiger partial charge on any atom is -0.454 e. The molecule has 32 heavy (non-hydrogen) atoms. The number of rotatable bonds is 7. The molecule has 1 atom stereocenters. The maximum Gasteiger partial charge on any atom is 0.322 e. The van der Waals surface area contributed by atoms with E-state index in [4.69, 9.17) is 32.7 Å². The van der Waals surface area contributed by atoms with Gasteiger partial charge in [-0.3, -0.25) is 0 Å². The van der Waals surface area contributed by atoms with Gasteiger partial charge in [0.05, 0.1) is 10.0 Å². The number of nitrogens with zero attached hydrogens (tertiary/aromatic N) is 2. The summed E-state index contributed by atoms with van der Waals surface area (Å²) in [4.78, 5) is 17.5. The lowest BCUT2D eigenvalue weighted by atomic mass is 10.0. The molecular formula is C24H29Cl2N3O3. The molecule has 2 aromatic carbocycles. The summed E-state index contributed by atoms with van der Waals surface area (Å²) in [6.07, 6.45) is 4.71.